The second-order valence-corrected chi connectivity index (χ2v) is 5.30. The molecule has 3 nitrogen and oxygen atoms in total. The van der Waals surface area contributed by atoms with Crippen molar-refractivity contribution in [1.29, 1.82) is 0 Å². The van der Waals surface area contributed by atoms with E-state index in [2.05, 4.69) is 11.6 Å². The van der Waals surface area contributed by atoms with E-state index in [4.69, 9.17) is 5.11 Å². The van der Waals surface area contributed by atoms with E-state index in [1.165, 1.54) is 25.7 Å². The van der Waals surface area contributed by atoms with Crippen LogP contribution in [-0.4, -0.2) is 35.2 Å². The summed E-state index contributed by atoms with van der Waals surface area (Å²) in [5.74, 6) is -0.692. The Morgan fingerprint density at radius 2 is 2.07 bits per heavy atom. The van der Waals surface area contributed by atoms with Crippen molar-refractivity contribution < 1.29 is 9.90 Å². The van der Waals surface area contributed by atoms with Gasteiger partial charge in [-0.15, -0.1) is 0 Å². The van der Waals surface area contributed by atoms with Crippen LogP contribution in [0.5, 0.6) is 0 Å². The van der Waals surface area contributed by atoms with Crippen LogP contribution < -0.4 is 5.32 Å². The van der Waals surface area contributed by atoms with Crippen molar-refractivity contribution in [3.8, 4) is 0 Å². The van der Waals surface area contributed by atoms with Gasteiger partial charge in [0.25, 0.3) is 0 Å². The summed E-state index contributed by atoms with van der Waals surface area (Å²) in [5, 5.41) is 12.8. The van der Waals surface area contributed by atoms with Crippen molar-refractivity contribution >= 4 is 17.7 Å². The topological polar surface area (TPSA) is 49.3 Å². The van der Waals surface area contributed by atoms with Gasteiger partial charge < -0.3 is 10.4 Å². The molecule has 0 atom stereocenters. The number of carboxylic acid groups (broad SMARTS) is 1. The molecular weight excluding hydrogens is 210 g/mol. The molecule has 88 valence electrons. The van der Waals surface area contributed by atoms with E-state index in [0.717, 1.165) is 18.2 Å². The largest absolute Gasteiger partial charge is 0.481 e. The molecule has 0 heterocycles. The predicted molar refractivity (Wildman–Crippen MR) is 64.4 cm³/mol. The summed E-state index contributed by atoms with van der Waals surface area (Å²) < 4.78 is 0. The van der Waals surface area contributed by atoms with Crippen LogP contribution in [0.2, 0.25) is 0 Å². The van der Waals surface area contributed by atoms with Crippen LogP contribution in [0.4, 0.5) is 0 Å². The van der Waals surface area contributed by atoms with Crippen molar-refractivity contribution in [2.24, 2.45) is 0 Å². The number of carboxylic acids is 1. The van der Waals surface area contributed by atoms with Crippen LogP contribution in [-0.2, 0) is 4.79 Å². The molecule has 0 aromatic rings. The molecule has 0 saturated heterocycles. The first-order chi connectivity index (χ1) is 7.22. The second kappa shape index (κ2) is 7.12. The third-order valence-electron chi connectivity index (χ3n) is 3.01. The first-order valence-corrected chi connectivity index (χ1v) is 6.99. The summed E-state index contributed by atoms with van der Waals surface area (Å²) >= 11 is 1.97. The number of rotatable bonds is 6. The fraction of sp³-hybridized carbons (Fsp3) is 0.909. The first-order valence-electron chi connectivity index (χ1n) is 5.70. The molecule has 0 aromatic carbocycles. The van der Waals surface area contributed by atoms with Gasteiger partial charge in [0.15, 0.2) is 0 Å². The van der Waals surface area contributed by atoms with Gasteiger partial charge in [0.2, 0.25) is 0 Å². The van der Waals surface area contributed by atoms with Crippen LogP contribution in [0.25, 0.3) is 0 Å². The summed E-state index contributed by atoms with van der Waals surface area (Å²) in [5.41, 5.74) is 0. The lowest BCUT2D eigenvalue weighted by atomic mass is 9.95. The zero-order chi connectivity index (χ0) is 11.1. The number of aliphatic carboxylic acids is 1. The Bertz CT molecular complexity index is 191. The molecule has 2 N–H and O–H groups in total. The molecule has 1 saturated carbocycles. The zero-order valence-corrected chi connectivity index (χ0v) is 10.2. The maximum absolute atomic E-state index is 10.3. The first kappa shape index (κ1) is 12.8. The Labute approximate surface area is 96.0 Å². The molecule has 15 heavy (non-hydrogen) atoms. The molecule has 0 radical (unpaired) electrons. The number of carbonyl (C=O) groups is 1. The van der Waals surface area contributed by atoms with Gasteiger partial charge in [0, 0.05) is 17.7 Å². The van der Waals surface area contributed by atoms with Crippen molar-refractivity contribution in [3.63, 3.8) is 0 Å². The summed E-state index contributed by atoms with van der Waals surface area (Å²) in [6.07, 6.45) is 8.32. The third kappa shape index (κ3) is 5.42. The maximum atomic E-state index is 10.3. The number of thioether (sulfide) groups is 1. The summed E-state index contributed by atoms with van der Waals surface area (Å²) in [6, 6.07) is 0.627. The van der Waals surface area contributed by atoms with Crippen LogP contribution >= 0.6 is 11.8 Å². The standard InChI is InChI=1S/C11H21NO2S/c1-15-10-6-4-9(5-7-10)12-8-2-3-11(13)14/h9-10,12H,2-8H2,1H3,(H,13,14). The molecular formula is C11H21NO2S. The lowest BCUT2D eigenvalue weighted by Crippen LogP contribution is -2.34. The average molecular weight is 231 g/mol. The molecule has 0 unspecified atom stereocenters. The highest BCUT2D eigenvalue weighted by molar-refractivity contribution is 7.99. The zero-order valence-electron chi connectivity index (χ0n) is 9.37. The normalized spacial score (nSPS) is 26.5. The van der Waals surface area contributed by atoms with E-state index in [0.29, 0.717) is 6.04 Å². The van der Waals surface area contributed by atoms with Crippen molar-refractivity contribution in [1.82, 2.24) is 5.32 Å². The highest BCUT2D eigenvalue weighted by atomic mass is 32.2. The number of hydrogen-bond donors (Lipinski definition) is 2. The van der Waals surface area contributed by atoms with Crippen molar-refractivity contribution in [3.05, 3.63) is 0 Å². The summed E-state index contributed by atoms with van der Waals surface area (Å²) in [4.78, 5) is 10.3. The molecule has 0 aromatic heterocycles. The van der Waals surface area contributed by atoms with Gasteiger partial charge in [-0.2, -0.15) is 11.8 Å². The van der Waals surface area contributed by atoms with Gasteiger partial charge in [-0.3, -0.25) is 4.79 Å². The monoisotopic (exact) mass is 231 g/mol. The van der Waals surface area contributed by atoms with E-state index in [9.17, 15) is 4.79 Å². The van der Waals surface area contributed by atoms with Gasteiger partial charge in [-0.1, -0.05) is 0 Å². The Balaban J connectivity index is 2.01. The average Bonchev–Trinajstić information content (AvgIpc) is 2.25. The quantitative estimate of drug-likeness (QED) is 0.687. The number of nitrogens with one attached hydrogen (secondary N) is 1. The lowest BCUT2D eigenvalue weighted by Gasteiger charge is -2.28. The van der Waals surface area contributed by atoms with Gasteiger partial charge in [0.05, 0.1) is 0 Å². The van der Waals surface area contributed by atoms with E-state index in [1.807, 2.05) is 11.8 Å². The summed E-state index contributed by atoms with van der Waals surface area (Å²) in [6.45, 7) is 0.848. The Hall–Kier alpha value is -0.220. The minimum Gasteiger partial charge on any atom is -0.481 e. The fourth-order valence-corrected chi connectivity index (χ4v) is 2.79. The van der Waals surface area contributed by atoms with Gasteiger partial charge in [0.1, 0.15) is 0 Å². The van der Waals surface area contributed by atoms with Crippen LogP contribution in [0.15, 0.2) is 0 Å². The smallest absolute Gasteiger partial charge is 0.303 e. The highest BCUT2D eigenvalue weighted by Crippen LogP contribution is 2.26. The molecule has 0 spiro atoms. The Morgan fingerprint density at radius 3 is 2.60 bits per heavy atom. The van der Waals surface area contributed by atoms with Gasteiger partial charge in [-0.25, -0.2) is 0 Å². The maximum Gasteiger partial charge on any atom is 0.303 e. The van der Waals surface area contributed by atoms with Crippen molar-refractivity contribution in [2.45, 2.75) is 49.8 Å². The molecule has 0 amide bonds. The molecule has 1 fully saturated rings. The minimum absolute atomic E-state index is 0.285. The van der Waals surface area contributed by atoms with Crippen LogP contribution in [0, 0.1) is 0 Å². The van der Waals surface area contributed by atoms with Crippen molar-refractivity contribution in [2.75, 3.05) is 12.8 Å². The Morgan fingerprint density at radius 1 is 1.40 bits per heavy atom. The Kier molecular flexibility index (Phi) is 6.10. The number of hydrogen-bond acceptors (Lipinski definition) is 3. The van der Waals surface area contributed by atoms with E-state index in [1.54, 1.807) is 0 Å². The van der Waals surface area contributed by atoms with E-state index >= 15 is 0 Å². The molecule has 1 rings (SSSR count). The highest BCUT2D eigenvalue weighted by Gasteiger charge is 2.19. The van der Waals surface area contributed by atoms with Gasteiger partial charge >= 0.3 is 5.97 Å². The molecule has 4 heteroatoms. The molecule has 0 aliphatic heterocycles. The lowest BCUT2D eigenvalue weighted by molar-refractivity contribution is -0.137. The molecule has 1 aliphatic carbocycles. The second-order valence-electron chi connectivity index (χ2n) is 4.16. The summed E-state index contributed by atoms with van der Waals surface area (Å²) in [7, 11) is 0. The SMILES string of the molecule is CSC1CCC(NCCCC(=O)O)CC1. The van der Waals surface area contributed by atoms with Crippen LogP contribution in [0.1, 0.15) is 38.5 Å². The fourth-order valence-electron chi connectivity index (χ4n) is 2.05. The minimum atomic E-state index is -0.692. The predicted octanol–water partition coefficient (Wildman–Crippen LogP) is 2.12. The van der Waals surface area contributed by atoms with E-state index < -0.39 is 5.97 Å². The van der Waals surface area contributed by atoms with Crippen LogP contribution in [0.3, 0.4) is 0 Å². The third-order valence-corrected chi connectivity index (χ3v) is 4.15. The molecule has 0 bridgehead atoms. The van der Waals surface area contributed by atoms with E-state index in [-0.39, 0.29) is 6.42 Å². The van der Waals surface area contributed by atoms with Gasteiger partial charge in [-0.05, 0) is 44.9 Å². The molecule has 1 aliphatic rings.